The number of carbonyl (C=O) groups is 1. The van der Waals surface area contributed by atoms with Crippen molar-refractivity contribution in [2.45, 2.75) is 45.8 Å². The van der Waals surface area contributed by atoms with E-state index in [-0.39, 0.29) is 23.0 Å². The summed E-state index contributed by atoms with van der Waals surface area (Å²) in [6.45, 7) is 6.55. The normalized spacial score (nSPS) is 48.6. The Morgan fingerprint density at radius 1 is 1.50 bits per heavy atom. The van der Waals surface area contributed by atoms with Gasteiger partial charge in [0.25, 0.3) is 6.21 Å². The van der Waals surface area contributed by atoms with Gasteiger partial charge in [0, 0.05) is 11.3 Å². The number of carbonyl (C=O) groups excluding carboxylic acids is 1. The number of esters is 1. The predicted octanol–water partition coefficient (Wildman–Crippen LogP) is 1.32. The highest BCUT2D eigenvalue weighted by Gasteiger charge is 2.72. The van der Waals surface area contributed by atoms with Crippen molar-refractivity contribution in [3.05, 3.63) is 5.21 Å². The van der Waals surface area contributed by atoms with Gasteiger partial charge in [-0.05, 0) is 18.3 Å². The van der Waals surface area contributed by atoms with E-state index in [0.717, 1.165) is 23.8 Å². The van der Waals surface area contributed by atoms with E-state index in [1.54, 1.807) is 0 Å². The molecule has 2 aliphatic carbocycles. The first-order chi connectivity index (χ1) is 7.38. The first-order valence-electron chi connectivity index (χ1n) is 5.89. The van der Waals surface area contributed by atoms with Crippen LogP contribution in [0.3, 0.4) is 0 Å². The van der Waals surface area contributed by atoms with Gasteiger partial charge in [-0.15, -0.1) is 0 Å². The van der Waals surface area contributed by atoms with Gasteiger partial charge in [-0.3, -0.25) is 0 Å². The van der Waals surface area contributed by atoms with Gasteiger partial charge >= 0.3 is 5.97 Å². The van der Waals surface area contributed by atoms with Crippen molar-refractivity contribution in [1.29, 1.82) is 0 Å². The Morgan fingerprint density at radius 3 is 2.88 bits per heavy atom. The Hall–Kier alpha value is -1.06. The zero-order valence-corrected chi connectivity index (χ0v) is 9.90. The summed E-state index contributed by atoms with van der Waals surface area (Å²) in [5.41, 5.74) is 0.0262. The molecule has 2 fully saturated rings. The summed E-state index contributed by atoms with van der Waals surface area (Å²) in [4.78, 5) is 11.3. The molecule has 0 unspecified atom stereocenters. The van der Waals surface area contributed by atoms with Crippen molar-refractivity contribution >= 4 is 12.2 Å². The summed E-state index contributed by atoms with van der Waals surface area (Å²) in [6.07, 6.45) is 2.94. The minimum Gasteiger partial charge on any atom is -0.623 e. The molecule has 0 saturated heterocycles. The van der Waals surface area contributed by atoms with Crippen molar-refractivity contribution in [2.75, 3.05) is 0 Å². The molecular weight excluding hydrogens is 206 g/mol. The SMILES string of the molecule is CC1(C)[C@@H]2CC[C@@]1(C)[C@@H]1OC(=O)C=[N+]([O-])[C@H]21. The fourth-order valence-corrected chi connectivity index (χ4v) is 4.11. The van der Waals surface area contributed by atoms with E-state index in [1.807, 2.05) is 0 Å². The van der Waals surface area contributed by atoms with Gasteiger partial charge in [-0.1, -0.05) is 20.8 Å². The first kappa shape index (κ1) is 10.1. The van der Waals surface area contributed by atoms with Crippen LogP contribution in [0.15, 0.2) is 0 Å². The molecule has 0 aromatic heterocycles. The summed E-state index contributed by atoms with van der Waals surface area (Å²) in [5, 5.41) is 11.9. The van der Waals surface area contributed by atoms with Gasteiger partial charge < -0.3 is 9.94 Å². The highest BCUT2D eigenvalue weighted by Crippen LogP contribution is 2.67. The maximum Gasteiger partial charge on any atom is 0.397 e. The van der Waals surface area contributed by atoms with Crippen molar-refractivity contribution in [1.82, 2.24) is 0 Å². The van der Waals surface area contributed by atoms with Gasteiger partial charge in [0.1, 0.15) is 0 Å². The van der Waals surface area contributed by atoms with E-state index < -0.39 is 5.97 Å². The Balaban J connectivity index is 2.12. The number of hydrogen-bond acceptors (Lipinski definition) is 3. The molecule has 1 heterocycles. The molecule has 4 nitrogen and oxygen atoms in total. The second kappa shape index (κ2) is 2.60. The van der Waals surface area contributed by atoms with Gasteiger partial charge in [-0.2, -0.15) is 4.74 Å². The zero-order valence-electron chi connectivity index (χ0n) is 9.90. The van der Waals surface area contributed by atoms with Crippen LogP contribution in [0.25, 0.3) is 0 Å². The molecule has 4 atom stereocenters. The molecule has 16 heavy (non-hydrogen) atoms. The van der Waals surface area contributed by atoms with Crippen LogP contribution in [0.2, 0.25) is 0 Å². The van der Waals surface area contributed by atoms with Crippen LogP contribution in [-0.2, 0) is 9.53 Å². The van der Waals surface area contributed by atoms with E-state index in [0.29, 0.717) is 5.92 Å². The fraction of sp³-hybridized carbons (Fsp3) is 0.833. The number of nitrogens with zero attached hydrogens (tertiary/aromatic N) is 1. The van der Waals surface area contributed by atoms with E-state index in [2.05, 4.69) is 20.8 Å². The molecule has 88 valence electrons. The highest BCUT2D eigenvalue weighted by atomic mass is 16.6. The van der Waals surface area contributed by atoms with Crippen molar-refractivity contribution in [2.24, 2.45) is 16.7 Å². The molecule has 3 aliphatic rings. The third-order valence-corrected chi connectivity index (χ3v) is 5.49. The lowest BCUT2D eigenvalue weighted by Crippen LogP contribution is -2.51. The number of rotatable bonds is 0. The summed E-state index contributed by atoms with van der Waals surface area (Å²) in [6, 6.07) is -0.161. The van der Waals surface area contributed by atoms with E-state index in [9.17, 15) is 10.0 Å². The zero-order chi connectivity index (χ0) is 11.7. The van der Waals surface area contributed by atoms with Crippen LogP contribution in [-0.4, -0.2) is 29.1 Å². The van der Waals surface area contributed by atoms with Crippen molar-refractivity contribution in [3.8, 4) is 0 Å². The average molecular weight is 223 g/mol. The summed E-state index contributed by atoms with van der Waals surface area (Å²) in [5.74, 6) is -0.148. The van der Waals surface area contributed by atoms with Crippen molar-refractivity contribution < 1.29 is 14.3 Å². The van der Waals surface area contributed by atoms with Gasteiger partial charge in [0.15, 0.2) is 6.10 Å². The van der Waals surface area contributed by atoms with Crippen LogP contribution < -0.4 is 0 Å². The predicted molar refractivity (Wildman–Crippen MR) is 58.0 cm³/mol. The molecule has 2 bridgehead atoms. The maximum absolute atomic E-state index is 11.9. The first-order valence-corrected chi connectivity index (χ1v) is 5.89. The molecule has 0 radical (unpaired) electrons. The smallest absolute Gasteiger partial charge is 0.397 e. The Bertz CT molecular complexity index is 401. The van der Waals surface area contributed by atoms with Gasteiger partial charge in [0.2, 0.25) is 6.04 Å². The minimum atomic E-state index is -0.485. The number of hydroxylamine groups is 1. The topological polar surface area (TPSA) is 52.4 Å². The Kier molecular flexibility index (Phi) is 1.65. The molecule has 0 amide bonds. The molecule has 0 aromatic carbocycles. The molecule has 2 saturated carbocycles. The lowest BCUT2D eigenvalue weighted by molar-refractivity contribution is -0.524. The van der Waals surface area contributed by atoms with E-state index in [4.69, 9.17) is 4.74 Å². The quantitative estimate of drug-likeness (QED) is 0.353. The van der Waals surface area contributed by atoms with Crippen LogP contribution in [0.4, 0.5) is 0 Å². The molecule has 1 aliphatic heterocycles. The second-order valence-corrected chi connectivity index (χ2v) is 6.12. The molecule has 0 aromatic rings. The van der Waals surface area contributed by atoms with Crippen LogP contribution >= 0.6 is 0 Å². The second-order valence-electron chi connectivity index (χ2n) is 6.12. The van der Waals surface area contributed by atoms with Crippen LogP contribution in [0, 0.1) is 22.0 Å². The monoisotopic (exact) mass is 223 g/mol. The van der Waals surface area contributed by atoms with E-state index >= 15 is 0 Å². The molecule has 4 heteroatoms. The van der Waals surface area contributed by atoms with Gasteiger partial charge in [-0.25, -0.2) is 4.79 Å². The lowest BCUT2D eigenvalue weighted by atomic mass is 9.70. The van der Waals surface area contributed by atoms with Crippen LogP contribution in [0.1, 0.15) is 33.6 Å². The van der Waals surface area contributed by atoms with E-state index in [1.165, 1.54) is 0 Å². The third kappa shape index (κ3) is 0.874. The fourth-order valence-electron chi connectivity index (χ4n) is 4.11. The summed E-state index contributed by atoms with van der Waals surface area (Å²) >= 11 is 0. The van der Waals surface area contributed by atoms with Gasteiger partial charge in [0.05, 0.1) is 0 Å². The van der Waals surface area contributed by atoms with Crippen molar-refractivity contribution in [3.63, 3.8) is 0 Å². The average Bonchev–Trinajstić information content (AvgIpc) is 2.48. The largest absolute Gasteiger partial charge is 0.623 e. The summed E-state index contributed by atoms with van der Waals surface area (Å²) in [7, 11) is 0. The molecule has 0 spiro atoms. The number of hydrogen-bond donors (Lipinski definition) is 0. The number of ether oxygens (including phenoxy) is 1. The minimum absolute atomic E-state index is 0.0467. The Labute approximate surface area is 94.9 Å². The highest BCUT2D eigenvalue weighted by molar-refractivity contribution is 6.21. The maximum atomic E-state index is 11.9. The lowest BCUT2D eigenvalue weighted by Gasteiger charge is -2.38. The molecular formula is C12H17NO3. The third-order valence-electron chi connectivity index (χ3n) is 5.49. The number of fused-ring (bicyclic) bond motifs is 5. The molecule has 3 rings (SSSR count). The Morgan fingerprint density at radius 2 is 2.19 bits per heavy atom. The van der Waals surface area contributed by atoms with Crippen LogP contribution in [0.5, 0.6) is 0 Å². The summed E-state index contributed by atoms with van der Waals surface area (Å²) < 4.78 is 6.26. The standard InChI is InChI=1S/C12H17NO3/c1-11(2)7-4-5-12(11,3)10-9(7)13(15)6-8(14)16-10/h6-7,9-10H,4-5H2,1-3H3/t7-,9-,10-,12+/m1/s1. The molecule has 0 N–H and O–H groups in total.